The maximum absolute atomic E-state index is 10.5. The highest BCUT2D eigenvalue weighted by Crippen LogP contribution is 2.39. The molecule has 0 atom stereocenters. The normalized spacial score (nSPS) is 11.6. The van der Waals surface area contributed by atoms with Crippen molar-refractivity contribution in [3.8, 4) is 17.2 Å². The van der Waals surface area contributed by atoms with Crippen LogP contribution in [0.15, 0.2) is 24.3 Å². The van der Waals surface area contributed by atoms with Crippen molar-refractivity contribution in [2.75, 3.05) is 0 Å². The van der Waals surface area contributed by atoms with Gasteiger partial charge < -0.3 is 9.84 Å². The van der Waals surface area contributed by atoms with E-state index in [1.165, 1.54) is 22.3 Å². The molecule has 2 rings (SSSR count). The Hall–Kier alpha value is -1.90. The summed E-state index contributed by atoms with van der Waals surface area (Å²) in [5.41, 5.74) is 5.77. The maximum atomic E-state index is 10.5. The highest BCUT2D eigenvalue weighted by molar-refractivity contribution is 6.08. The molecular weight excluding hydrogens is 283 g/mol. The summed E-state index contributed by atoms with van der Waals surface area (Å²) in [6.07, 6.45) is 0.776. The second-order valence-corrected chi connectivity index (χ2v) is 7.37. The number of rotatable bonds is 3. The third kappa shape index (κ3) is 3.72. The topological polar surface area (TPSA) is 29.5 Å². The fraction of sp³-hybridized carbons (Fsp3) is 0.400. The molecule has 122 valence electrons. The molecule has 0 aromatic heterocycles. The van der Waals surface area contributed by atoms with Crippen LogP contribution in [0.2, 0.25) is 0 Å². The molecule has 0 aliphatic rings. The molecule has 3 heteroatoms. The quantitative estimate of drug-likeness (QED) is 0.843. The van der Waals surface area contributed by atoms with E-state index in [4.69, 9.17) is 4.74 Å². The first-order valence-corrected chi connectivity index (χ1v) is 8.25. The number of phenolic OH excluding ortho intramolecular Hbond substituents is 1. The molecule has 0 amide bonds. The van der Waals surface area contributed by atoms with E-state index in [1.807, 2.05) is 26.0 Å². The van der Waals surface area contributed by atoms with Crippen molar-refractivity contribution in [2.24, 2.45) is 0 Å². The molecule has 0 radical (unpaired) electrons. The van der Waals surface area contributed by atoms with E-state index in [0.717, 1.165) is 17.6 Å². The average Bonchev–Trinajstić information content (AvgIpc) is 2.45. The van der Waals surface area contributed by atoms with Crippen LogP contribution in [0.5, 0.6) is 17.2 Å². The van der Waals surface area contributed by atoms with Gasteiger partial charge in [-0.25, -0.2) is 0 Å². The van der Waals surface area contributed by atoms with Crippen LogP contribution in [0, 0.1) is 20.8 Å². The molecule has 2 aromatic carbocycles. The van der Waals surface area contributed by atoms with Crippen LogP contribution < -0.4 is 4.74 Å². The van der Waals surface area contributed by atoms with Gasteiger partial charge in [0.2, 0.25) is 0 Å². The molecule has 0 heterocycles. The smallest absolute Gasteiger partial charge is 0.169 e. The van der Waals surface area contributed by atoms with E-state index in [-0.39, 0.29) is 11.2 Å². The lowest BCUT2D eigenvalue weighted by molar-refractivity contribution is 0.405. The van der Waals surface area contributed by atoms with Crippen molar-refractivity contribution in [1.29, 1.82) is 0 Å². The molecule has 2 nitrogen and oxygen atoms in total. The molecule has 0 saturated heterocycles. The van der Waals surface area contributed by atoms with Gasteiger partial charge in [0.25, 0.3) is 0 Å². The average molecular weight is 310 g/mol. The maximum Gasteiger partial charge on any atom is 0.169 e. The SMILES string of the molecule is BCc1cc(C(C)(C)C)cc(Oc2cc(C)c(C)c(C)c2)c1O. The van der Waals surface area contributed by atoms with E-state index in [2.05, 4.69) is 47.6 Å². The lowest BCUT2D eigenvalue weighted by Crippen LogP contribution is -2.12. The van der Waals surface area contributed by atoms with Crippen molar-refractivity contribution in [2.45, 2.75) is 53.3 Å². The number of benzene rings is 2. The van der Waals surface area contributed by atoms with Gasteiger partial charge in [0, 0.05) is 0 Å². The first kappa shape index (κ1) is 17.5. The van der Waals surface area contributed by atoms with Gasteiger partial charge in [0.05, 0.1) is 0 Å². The van der Waals surface area contributed by atoms with Gasteiger partial charge in [-0.3, -0.25) is 0 Å². The second kappa shape index (κ2) is 6.31. The van der Waals surface area contributed by atoms with Crippen LogP contribution in [0.4, 0.5) is 0 Å². The van der Waals surface area contributed by atoms with Crippen LogP contribution in [-0.4, -0.2) is 13.0 Å². The van der Waals surface area contributed by atoms with Gasteiger partial charge in [-0.1, -0.05) is 33.2 Å². The van der Waals surface area contributed by atoms with E-state index < -0.39 is 0 Å². The lowest BCUT2D eigenvalue weighted by atomic mass is 9.84. The van der Waals surface area contributed by atoms with E-state index >= 15 is 0 Å². The molecule has 0 saturated carbocycles. The summed E-state index contributed by atoms with van der Waals surface area (Å²) in [6.45, 7) is 12.8. The van der Waals surface area contributed by atoms with Gasteiger partial charge in [-0.05, 0) is 72.2 Å². The van der Waals surface area contributed by atoms with Gasteiger partial charge in [0.15, 0.2) is 11.5 Å². The minimum Gasteiger partial charge on any atom is -0.504 e. The van der Waals surface area contributed by atoms with Crippen LogP contribution in [0.1, 0.15) is 48.6 Å². The Kier molecular flexibility index (Phi) is 4.79. The van der Waals surface area contributed by atoms with Crippen molar-refractivity contribution in [3.05, 3.63) is 52.1 Å². The van der Waals surface area contributed by atoms with Gasteiger partial charge >= 0.3 is 0 Å². The summed E-state index contributed by atoms with van der Waals surface area (Å²) in [7, 11) is 2.05. The minimum atomic E-state index is 0.00877. The van der Waals surface area contributed by atoms with Crippen molar-refractivity contribution >= 4 is 7.85 Å². The number of phenols is 1. The molecule has 1 N–H and O–H groups in total. The number of hydrogen-bond donors (Lipinski definition) is 1. The molecule has 0 bridgehead atoms. The van der Waals surface area contributed by atoms with Crippen LogP contribution in [-0.2, 0) is 11.7 Å². The number of aryl methyl sites for hydroxylation is 2. The van der Waals surface area contributed by atoms with Crippen LogP contribution >= 0.6 is 0 Å². The molecule has 0 aliphatic carbocycles. The standard InChI is InChI=1S/C20H27BO2/c1-12-7-17(8-13(2)14(12)3)23-18-10-16(20(4,5)6)9-15(11-21)19(18)22/h7-10,22H,11,21H2,1-6H3. The Morgan fingerprint density at radius 3 is 2.04 bits per heavy atom. The zero-order valence-electron chi connectivity index (χ0n) is 15.4. The summed E-state index contributed by atoms with van der Waals surface area (Å²) in [4.78, 5) is 0. The van der Waals surface area contributed by atoms with Gasteiger partial charge in [-0.15, -0.1) is 0 Å². The lowest BCUT2D eigenvalue weighted by Gasteiger charge is -2.22. The molecule has 0 aliphatic heterocycles. The number of ether oxygens (including phenoxy) is 1. The van der Waals surface area contributed by atoms with Crippen molar-refractivity contribution < 1.29 is 9.84 Å². The summed E-state index contributed by atoms with van der Waals surface area (Å²) >= 11 is 0. The highest BCUT2D eigenvalue weighted by Gasteiger charge is 2.19. The van der Waals surface area contributed by atoms with E-state index in [9.17, 15) is 5.11 Å². The van der Waals surface area contributed by atoms with Crippen LogP contribution in [0.25, 0.3) is 0 Å². The van der Waals surface area contributed by atoms with E-state index in [1.54, 1.807) is 0 Å². The first-order chi connectivity index (χ1) is 10.6. The summed E-state index contributed by atoms with van der Waals surface area (Å²) < 4.78 is 6.05. The van der Waals surface area contributed by atoms with Crippen molar-refractivity contribution in [1.82, 2.24) is 0 Å². The zero-order valence-corrected chi connectivity index (χ0v) is 15.4. The second-order valence-electron chi connectivity index (χ2n) is 7.37. The Morgan fingerprint density at radius 2 is 1.57 bits per heavy atom. The first-order valence-electron chi connectivity index (χ1n) is 8.25. The Balaban J connectivity index is 2.51. The molecule has 23 heavy (non-hydrogen) atoms. The monoisotopic (exact) mass is 310 g/mol. The molecule has 0 fully saturated rings. The summed E-state index contributed by atoms with van der Waals surface area (Å²) in [5.74, 6) is 1.56. The fourth-order valence-corrected chi connectivity index (χ4v) is 2.63. The fourth-order valence-electron chi connectivity index (χ4n) is 2.63. The largest absolute Gasteiger partial charge is 0.504 e. The summed E-state index contributed by atoms with van der Waals surface area (Å²) in [6, 6.07) is 8.08. The number of aromatic hydroxyl groups is 1. The van der Waals surface area contributed by atoms with Gasteiger partial charge in [-0.2, -0.15) is 0 Å². The third-order valence-corrected chi connectivity index (χ3v) is 4.53. The van der Waals surface area contributed by atoms with Crippen molar-refractivity contribution in [3.63, 3.8) is 0 Å². The molecule has 0 unspecified atom stereocenters. The predicted octanol–water partition coefficient (Wildman–Crippen LogP) is 4.54. The summed E-state index contributed by atoms with van der Waals surface area (Å²) in [5, 5.41) is 10.5. The van der Waals surface area contributed by atoms with Gasteiger partial charge in [0.1, 0.15) is 13.6 Å². The number of hydrogen-bond acceptors (Lipinski definition) is 2. The Labute approximate surface area is 140 Å². The molecular formula is C20H27BO2. The predicted molar refractivity (Wildman–Crippen MR) is 99.8 cm³/mol. The third-order valence-electron chi connectivity index (χ3n) is 4.53. The highest BCUT2D eigenvalue weighted by atomic mass is 16.5. The molecule has 0 spiro atoms. The van der Waals surface area contributed by atoms with Crippen LogP contribution in [0.3, 0.4) is 0 Å². The Bertz CT molecular complexity index is 704. The Morgan fingerprint density at radius 1 is 1.00 bits per heavy atom. The van der Waals surface area contributed by atoms with E-state index in [0.29, 0.717) is 5.75 Å². The molecule has 2 aromatic rings. The minimum absolute atomic E-state index is 0.00877. The zero-order chi connectivity index (χ0) is 17.4.